The van der Waals surface area contributed by atoms with E-state index in [-0.39, 0.29) is 11.8 Å². The zero-order chi connectivity index (χ0) is 18.1. The van der Waals surface area contributed by atoms with Crippen LogP contribution in [0.5, 0.6) is 0 Å². The van der Waals surface area contributed by atoms with Crippen molar-refractivity contribution in [3.63, 3.8) is 0 Å². The Balaban J connectivity index is 1.55. The average Bonchev–Trinajstić information content (AvgIpc) is 3.30. The summed E-state index contributed by atoms with van der Waals surface area (Å²) >= 11 is 0. The average molecular weight is 349 g/mol. The van der Waals surface area contributed by atoms with Crippen molar-refractivity contribution in [3.8, 4) is 11.1 Å². The fraction of sp³-hybridized carbons (Fsp3) is 0.350. The van der Waals surface area contributed by atoms with Gasteiger partial charge in [-0.25, -0.2) is 4.98 Å². The molecule has 1 N–H and O–H groups in total. The number of carbonyl (C=O) groups excluding carboxylic acids is 1. The van der Waals surface area contributed by atoms with Gasteiger partial charge in [0.1, 0.15) is 5.82 Å². The Bertz CT molecular complexity index is 948. The molecule has 1 amide bonds. The highest BCUT2D eigenvalue weighted by Crippen LogP contribution is 2.25. The van der Waals surface area contributed by atoms with E-state index in [1.54, 1.807) is 4.68 Å². The number of rotatable bonds is 4. The number of benzene rings is 1. The van der Waals surface area contributed by atoms with Gasteiger partial charge >= 0.3 is 0 Å². The van der Waals surface area contributed by atoms with E-state index in [2.05, 4.69) is 39.4 Å². The van der Waals surface area contributed by atoms with Crippen molar-refractivity contribution >= 4 is 22.5 Å². The van der Waals surface area contributed by atoms with Gasteiger partial charge < -0.3 is 10.2 Å². The van der Waals surface area contributed by atoms with E-state index >= 15 is 0 Å². The fourth-order valence-electron chi connectivity index (χ4n) is 3.52. The lowest BCUT2D eigenvalue weighted by molar-refractivity contribution is -0.119. The lowest BCUT2D eigenvalue weighted by Gasteiger charge is -2.13. The van der Waals surface area contributed by atoms with Crippen LogP contribution in [-0.2, 0) is 11.8 Å². The van der Waals surface area contributed by atoms with Crippen molar-refractivity contribution in [2.75, 3.05) is 25.0 Å². The zero-order valence-electron chi connectivity index (χ0n) is 15.1. The van der Waals surface area contributed by atoms with E-state index in [9.17, 15) is 4.79 Å². The molecule has 1 aromatic carbocycles. The highest BCUT2D eigenvalue weighted by molar-refractivity contribution is 5.95. The predicted molar refractivity (Wildman–Crippen MR) is 103 cm³/mol. The molecule has 0 spiro atoms. The third-order valence-electron chi connectivity index (χ3n) is 5.10. The Morgan fingerprint density at radius 2 is 2.12 bits per heavy atom. The van der Waals surface area contributed by atoms with Crippen LogP contribution in [-0.4, -0.2) is 45.2 Å². The van der Waals surface area contributed by atoms with E-state index in [1.165, 1.54) is 0 Å². The number of hydrogen-bond donors (Lipinski definition) is 1. The number of likely N-dealkylation sites (tertiary alicyclic amines) is 1. The molecule has 1 aliphatic rings. The molecule has 1 aliphatic heterocycles. The van der Waals surface area contributed by atoms with Crippen molar-refractivity contribution in [3.05, 3.63) is 42.9 Å². The molecule has 0 saturated carbocycles. The maximum absolute atomic E-state index is 12.5. The molecule has 6 nitrogen and oxygen atoms in total. The van der Waals surface area contributed by atoms with Crippen molar-refractivity contribution in [2.45, 2.75) is 13.3 Å². The molecule has 1 unspecified atom stereocenters. The van der Waals surface area contributed by atoms with Crippen LogP contribution in [0.25, 0.3) is 21.9 Å². The van der Waals surface area contributed by atoms with Gasteiger partial charge in [-0.3, -0.25) is 9.48 Å². The Labute approximate surface area is 152 Å². The molecular weight excluding hydrogens is 326 g/mol. The molecule has 4 rings (SSSR count). The number of amides is 1. The first kappa shape index (κ1) is 16.7. The smallest absolute Gasteiger partial charge is 0.229 e. The molecule has 1 fully saturated rings. The van der Waals surface area contributed by atoms with Crippen LogP contribution in [0.1, 0.15) is 13.3 Å². The SMILES string of the molecule is CCN1CCC(C(=O)Nc2cc3cc(-c4cnn(C)c4)ccc3cn2)C1. The van der Waals surface area contributed by atoms with Crippen LogP contribution in [0.2, 0.25) is 0 Å². The molecule has 3 aromatic rings. The van der Waals surface area contributed by atoms with E-state index in [0.29, 0.717) is 5.82 Å². The highest BCUT2D eigenvalue weighted by atomic mass is 16.2. The monoisotopic (exact) mass is 349 g/mol. The number of pyridine rings is 1. The maximum Gasteiger partial charge on any atom is 0.229 e. The lowest BCUT2D eigenvalue weighted by atomic mass is 10.0. The Hall–Kier alpha value is -2.73. The van der Waals surface area contributed by atoms with Gasteiger partial charge in [-0.1, -0.05) is 19.1 Å². The molecule has 26 heavy (non-hydrogen) atoms. The summed E-state index contributed by atoms with van der Waals surface area (Å²) in [5, 5.41) is 9.32. The normalized spacial score (nSPS) is 17.7. The van der Waals surface area contributed by atoms with Gasteiger partial charge in [0, 0.05) is 36.9 Å². The van der Waals surface area contributed by atoms with E-state index in [4.69, 9.17) is 0 Å². The van der Waals surface area contributed by atoms with Crippen LogP contribution in [0.4, 0.5) is 5.82 Å². The molecule has 1 atom stereocenters. The Morgan fingerprint density at radius 1 is 1.23 bits per heavy atom. The van der Waals surface area contributed by atoms with Crippen molar-refractivity contribution in [1.29, 1.82) is 0 Å². The van der Waals surface area contributed by atoms with Crippen molar-refractivity contribution in [2.24, 2.45) is 13.0 Å². The number of nitrogens with one attached hydrogen (secondary N) is 1. The second kappa shape index (κ2) is 6.88. The fourth-order valence-corrected chi connectivity index (χ4v) is 3.52. The Kier molecular flexibility index (Phi) is 4.42. The Morgan fingerprint density at radius 3 is 2.85 bits per heavy atom. The third-order valence-corrected chi connectivity index (χ3v) is 5.10. The minimum absolute atomic E-state index is 0.0502. The number of aryl methyl sites for hydroxylation is 1. The molecule has 0 bridgehead atoms. The van der Waals surface area contributed by atoms with Crippen LogP contribution in [0, 0.1) is 5.92 Å². The maximum atomic E-state index is 12.5. The number of fused-ring (bicyclic) bond motifs is 1. The summed E-state index contributed by atoms with van der Waals surface area (Å²) in [7, 11) is 1.91. The van der Waals surface area contributed by atoms with E-state index in [1.807, 2.05) is 37.8 Å². The van der Waals surface area contributed by atoms with E-state index in [0.717, 1.165) is 48.0 Å². The first-order valence-corrected chi connectivity index (χ1v) is 9.04. The quantitative estimate of drug-likeness (QED) is 0.787. The number of nitrogens with zero attached hydrogens (tertiary/aromatic N) is 4. The molecule has 134 valence electrons. The molecule has 6 heteroatoms. The largest absolute Gasteiger partial charge is 0.310 e. The lowest BCUT2D eigenvalue weighted by Crippen LogP contribution is -2.27. The van der Waals surface area contributed by atoms with Gasteiger partial charge in [-0.15, -0.1) is 0 Å². The summed E-state index contributed by atoms with van der Waals surface area (Å²) in [5.41, 5.74) is 2.17. The number of anilines is 1. The van der Waals surface area contributed by atoms with Gasteiger partial charge in [0.05, 0.1) is 12.1 Å². The third kappa shape index (κ3) is 3.32. The summed E-state index contributed by atoms with van der Waals surface area (Å²) in [6.45, 7) is 4.95. The molecule has 3 heterocycles. The first-order chi connectivity index (χ1) is 12.6. The van der Waals surface area contributed by atoms with Gasteiger partial charge in [0.15, 0.2) is 0 Å². The topological polar surface area (TPSA) is 63.1 Å². The van der Waals surface area contributed by atoms with E-state index < -0.39 is 0 Å². The minimum Gasteiger partial charge on any atom is -0.310 e. The van der Waals surface area contributed by atoms with Gasteiger partial charge in [-0.05, 0) is 42.6 Å². The molecular formula is C20H23N5O. The zero-order valence-corrected chi connectivity index (χ0v) is 15.1. The number of aromatic nitrogens is 3. The van der Waals surface area contributed by atoms with Gasteiger partial charge in [-0.2, -0.15) is 5.10 Å². The van der Waals surface area contributed by atoms with Crippen LogP contribution in [0.15, 0.2) is 42.9 Å². The summed E-state index contributed by atoms with van der Waals surface area (Å²) in [6.07, 6.45) is 6.57. The summed E-state index contributed by atoms with van der Waals surface area (Å²) in [5.74, 6) is 0.728. The number of carbonyl (C=O) groups is 1. The summed E-state index contributed by atoms with van der Waals surface area (Å²) in [6, 6.07) is 8.17. The first-order valence-electron chi connectivity index (χ1n) is 9.04. The number of hydrogen-bond acceptors (Lipinski definition) is 4. The van der Waals surface area contributed by atoms with Crippen molar-refractivity contribution < 1.29 is 4.79 Å². The standard InChI is InChI=1S/C20H23N5O/c1-3-25-7-6-16(13-25)20(26)23-19-9-17-8-14(4-5-15(17)10-21-19)18-11-22-24(2)12-18/h4-5,8-12,16H,3,6-7,13H2,1-2H3,(H,21,23,26). The second-order valence-corrected chi connectivity index (χ2v) is 6.90. The summed E-state index contributed by atoms with van der Waals surface area (Å²) < 4.78 is 1.79. The molecule has 2 aromatic heterocycles. The van der Waals surface area contributed by atoms with Crippen LogP contribution in [0.3, 0.4) is 0 Å². The molecule has 0 aliphatic carbocycles. The minimum atomic E-state index is 0.0502. The summed E-state index contributed by atoms with van der Waals surface area (Å²) in [4.78, 5) is 19.2. The second-order valence-electron chi connectivity index (χ2n) is 6.90. The van der Waals surface area contributed by atoms with Crippen molar-refractivity contribution in [1.82, 2.24) is 19.7 Å². The van der Waals surface area contributed by atoms with Gasteiger partial charge in [0.2, 0.25) is 5.91 Å². The van der Waals surface area contributed by atoms with Crippen LogP contribution < -0.4 is 5.32 Å². The molecule has 1 saturated heterocycles. The predicted octanol–water partition coefficient (Wildman–Crippen LogP) is 2.92. The van der Waals surface area contributed by atoms with Gasteiger partial charge in [0.25, 0.3) is 0 Å². The molecule has 0 radical (unpaired) electrons. The van der Waals surface area contributed by atoms with Crippen LogP contribution >= 0.6 is 0 Å². The highest BCUT2D eigenvalue weighted by Gasteiger charge is 2.27.